The predicted molar refractivity (Wildman–Crippen MR) is 138 cm³/mol. The lowest BCUT2D eigenvalue weighted by molar-refractivity contribution is -0.384. The van der Waals surface area contributed by atoms with Gasteiger partial charge in [-0.05, 0) is 36.2 Å². The zero-order valence-corrected chi connectivity index (χ0v) is 21.1. The van der Waals surface area contributed by atoms with Crippen molar-refractivity contribution in [3.8, 4) is 0 Å². The Morgan fingerprint density at radius 3 is 2.31 bits per heavy atom. The van der Waals surface area contributed by atoms with Gasteiger partial charge in [0, 0.05) is 34.8 Å². The van der Waals surface area contributed by atoms with E-state index in [0.717, 1.165) is 15.6 Å². The molecule has 0 aromatic heterocycles. The van der Waals surface area contributed by atoms with Gasteiger partial charge in [0.15, 0.2) is 0 Å². The summed E-state index contributed by atoms with van der Waals surface area (Å²) >= 11 is 3.62. The van der Waals surface area contributed by atoms with Crippen molar-refractivity contribution in [2.75, 3.05) is 11.9 Å². The second-order valence-electron chi connectivity index (χ2n) is 7.89. The van der Waals surface area contributed by atoms with Gasteiger partial charge in [0.2, 0.25) is 0 Å². The van der Waals surface area contributed by atoms with Crippen LogP contribution >= 0.6 is 15.9 Å². The maximum Gasteiger partial charge on any atom is 0.409 e. The van der Waals surface area contributed by atoms with E-state index in [0.29, 0.717) is 12.3 Å². The molecule has 3 rings (SSSR count). The van der Waals surface area contributed by atoms with Gasteiger partial charge in [0.25, 0.3) is 5.69 Å². The molecular weight excluding hydrogens is 514 g/mol. The number of nitro groups is 1. The number of ether oxygens (including phenoxy) is 2. The molecule has 3 aromatic carbocycles. The van der Waals surface area contributed by atoms with Gasteiger partial charge < -0.3 is 14.8 Å². The number of halogens is 1. The van der Waals surface area contributed by atoms with Crippen molar-refractivity contribution in [1.82, 2.24) is 5.32 Å². The molecule has 0 aliphatic carbocycles. The van der Waals surface area contributed by atoms with Crippen LogP contribution in [-0.2, 0) is 16.1 Å². The molecule has 0 fully saturated rings. The summed E-state index contributed by atoms with van der Waals surface area (Å²) < 4.78 is 12.2. The number of non-ortho nitro benzene ring substituents is 1. The zero-order valence-electron chi connectivity index (χ0n) is 19.5. The topological polar surface area (TPSA) is 103 Å². The average molecular weight is 542 g/mol. The maximum atomic E-state index is 12.6. The lowest BCUT2D eigenvalue weighted by Crippen LogP contribution is -2.45. The molecule has 0 aliphatic rings. The summed E-state index contributed by atoms with van der Waals surface area (Å²) in [6.07, 6.45) is -1.24. The highest BCUT2D eigenvalue weighted by molar-refractivity contribution is 9.10. The number of benzene rings is 3. The number of rotatable bonds is 11. The van der Waals surface area contributed by atoms with Crippen LogP contribution in [0.4, 0.5) is 16.2 Å². The third-order valence-corrected chi connectivity index (χ3v) is 6.19. The Bertz CT molecular complexity index is 1110. The number of nitrogens with zero attached hydrogens (tertiary/aromatic N) is 1. The van der Waals surface area contributed by atoms with E-state index >= 15 is 0 Å². The minimum atomic E-state index is -0.661. The number of alkyl carbamates (subject to hydrolysis) is 1. The van der Waals surface area contributed by atoms with Gasteiger partial charge in [-0.15, -0.1) is 0 Å². The van der Waals surface area contributed by atoms with Crippen LogP contribution in [0.5, 0.6) is 0 Å². The second kappa shape index (κ2) is 12.9. The average Bonchev–Trinajstić information content (AvgIpc) is 2.87. The largest absolute Gasteiger partial charge is 0.445 e. The summed E-state index contributed by atoms with van der Waals surface area (Å²) in [5.74, 6) is -0.256. The highest BCUT2D eigenvalue weighted by Crippen LogP contribution is 2.34. The fourth-order valence-corrected chi connectivity index (χ4v) is 4.17. The lowest BCUT2D eigenvalue weighted by Gasteiger charge is -2.33. The third-order valence-electron chi connectivity index (χ3n) is 5.46. The highest BCUT2D eigenvalue weighted by Gasteiger charge is 2.30. The van der Waals surface area contributed by atoms with Crippen LogP contribution < -0.4 is 10.6 Å². The van der Waals surface area contributed by atoms with Gasteiger partial charge >= 0.3 is 6.09 Å². The Morgan fingerprint density at radius 1 is 1.03 bits per heavy atom. The molecule has 0 aliphatic heterocycles. The minimum Gasteiger partial charge on any atom is -0.445 e. The van der Waals surface area contributed by atoms with E-state index in [9.17, 15) is 14.9 Å². The summed E-state index contributed by atoms with van der Waals surface area (Å²) in [7, 11) is 0. The Kier molecular flexibility index (Phi) is 9.63. The van der Waals surface area contributed by atoms with Crippen molar-refractivity contribution in [2.24, 2.45) is 5.92 Å². The van der Waals surface area contributed by atoms with Crippen LogP contribution in [0, 0.1) is 16.0 Å². The smallest absolute Gasteiger partial charge is 0.409 e. The Labute approximate surface area is 212 Å². The van der Waals surface area contributed by atoms with Crippen LogP contribution in [0.1, 0.15) is 31.0 Å². The first-order valence-corrected chi connectivity index (χ1v) is 12.0. The van der Waals surface area contributed by atoms with Crippen LogP contribution in [0.3, 0.4) is 0 Å². The zero-order chi connectivity index (χ0) is 25.2. The van der Waals surface area contributed by atoms with Gasteiger partial charge in [-0.1, -0.05) is 71.4 Å². The Morgan fingerprint density at radius 2 is 1.69 bits per heavy atom. The quantitative estimate of drug-likeness (QED) is 0.164. The molecule has 0 saturated carbocycles. The molecule has 1 amide bonds. The third kappa shape index (κ3) is 7.53. The second-order valence-corrected chi connectivity index (χ2v) is 8.74. The Hall–Kier alpha value is -3.43. The van der Waals surface area contributed by atoms with E-state index in [4.69, 9.17) is 9.47 Å². The summed E-state index contributed by atoms with van der Waals surface area (Å²) in [4.78, 5) is 23.2. The lowest BCUT2D eigenvalue weighted by atomic mass is 9.92. The number of nitrogens with one attached hydrogen (secondary N) is 2. The van der Waals surface area contributed by atoms with E-state index in [1.807, 2.05) is 68.4 Å². The van der Waals surface area contributed by atoms with Crippen LogP contribution in [-0.4, -0.2) is 23.9 Å². The van der Waals surface area contributed by atoms with Crippen molar-refractivity contribution in [3.05, 3.63) is 105 Å². The molecule has 35 heavy (non-hydrogen) atoms. The van der Waals surface area contributed by atoms with Gasteiger partial charge in [-0.3, -0.25) is 15.4 Å². The first-order valence-electron chi connectivity index (χ1n) is 11.2. The molecule has 0 spiro atoms. The highest BCUT2D eigenvalue weighted by atomic mass is 79.9. The summed E-state index contributed by atoms with van der Waals surface area (Å²) in [5, 5.41) is 17.3. The molecule has 8 nitrogen and oxygen atoms in total. The van der Waals surface area contributed by atoms with Crippen LogP contribution in [0.15, 0.2) is 83.3 Å². The number of nitro benzene ring substituents is 1. The van der Waals surface area contributed by atoms with E-state index in [1.165, 1.54) is 12.1 Å². The number of amides is 1. The summed E-state index contributed by atoms with van der Waals surface area (Å²) in [6, 6.07) is 23.1. The minimum absolute atomic E-state index is 0.0102. The molecule has 1 unspecified atom stereocenters. The monoisotopic (exact) mass is 541 g/mol. The van der Waals surface area contributed by atoms with E-state index in [1.54, 1.807) is 12.1 Å². The molecule has 0 radical (unpaired) electrons. The standard InChI is InChI=1S/C26H28BrN3O5/c1-3-34-25(29-26(31)35-17-19-9-5-4-6-10-19)18(2)24(22-11-7-8-12-23(22)27)28-20-13-15-21(16-14-20)30(32)33/h4-16,18,24-25,28H,3,17H2,1-2H3,(H,29,31)/t18-,24+,25?/m1/s1. The summed E-state index contributed by atoms with van der Waals surface area (Å²) in [6.45, 7) is 4.34. The van der Waals surface area contributed by atoms with Crippen LogP contribution in [0.2, 0.25) is 0 Å². The van der Waals surface area contributed by atoms with Gasteiger partial charge in [0.05, 0.1) is 11.0 Å². The van der Waals surface area contributed by atoms with Gasteiger partial charge in [-0.25, -0.2) is 4.79 Å². The van der Waals surface area contributed by atoms with Gasteiger partial charge in [0.1, 0.15) is 12.8 Å². The molecule has 0 heterocycles. The number of carbonyl (C=O) groups excluding carboxylic acids is 1. The van der Waals surface area contributed by atoms with Crippen LogP contribution in [0.25, 0.3) is 0 Å². The number of anilines is 1. The fourth-order valence-electron chi connectivity index (χ4n) is 3.64. The first-order chi connectivity index (χ1) is 16.9. The molecule has 9 heteroatoms. The van der Waals surface area contributed by atoms with Gasteiger partial charge in [-0.2, -0.15) is 0 Å². The van der Waals surface area contributed by atoms with Crippen molar-refractivity contribution in [2.45, 2.75) is 32.7 Å². The van der Waals surface area contributed by atoms with Crippen molar-refractivity contribution < 1.29 is 19.2 Å². The normalized spacial score (nSPS) is 13.3. The Balaban J connectivity index is 1.80. The molecule has 184 valence electrons. The molecule has 3 aromatic rings. The van der Waals surface area contributed by atoms with Crippen molar-refractivity contribution >= 4 is 33.4 Å². The first kappa shape index (κ1) is 26.2. The number of carbonyl (C=O) groups is 1. The molecular formula is C26H28BrN3O5. The molecule has 2 N–H and O–H groups in total. The summed E-state index contributed by atoms with van der Waals surface area (Å²) in [5.41, 5.74) is 2.54. The SMILES string of the molecule is CCOC(NC(=O)OCc1ccccc1)[C@H](C)[C@H](Nc1ccc([N+](=O)[O-])cc1)c1ccccc1Br. The fraction of sp³-hybridized carbons (Fsp3) is 0.269. The number of hydrogen-bond acceptors (Lipinski definition) is 6. The maximum absolute atomic E-state index is 12.6. The predicted octanol–water partition coefficient (Wildman–Crippen LogP) is 6.44. The van der Waals surface area contributed by atoms with E-state index < -0.39 is 17.2 Å². The van der Waals surface area contributed by atoms with E-state index in [2.05, 4.69) is 26.6 Å². The molecule has 0 bridgehead atoms. The molecule has 0 saturated heterocycles. The van der Waals surface area contributed by atoms with Crippen molar-refractivity contribution in [3.63, 3.8) is 0 Å². The molecule has 3 atom stereocenters. The number of hydrogen-bond donors (Lipinski definition) is 2. The van der Waals surface area contributed by atoms with Crippen molar-refractivity contribution in [1.29, 1.82) is 0 Å². The van der Waals surface area contributed by atoms with E-state index in [-0.39, 0.29) is 24.3 Å².